The molecule has 0 saturated carbocycles. The molecule has 2 aliphatic heterocycles. The van der Waals surface area contributed by atoms with Gasteiger partial charge in [0, 0.05) is 0 Å². The Bertz CT molecular complexity index is 436. The van der Waals surface area contributed by atoms with Gasteiger partial charge < -0.3 is 0 Å². The van der Waals surface area contributed by atoms with Crippen molar-refractivity contribution in [3.05, 3.63) is 22.8 Å². The average molecular weight is 177 g/mol. The van der Waals surface area contributed by atoms with Crippen LogP contribution < -0.4 is 0 Å². The van der Waals surface area contributed by atoms with E-state index in [1.165, 1.54) is 0 Å². The molecule has 12 heavy (non-hydrogen) atoms. The third kappa shape index (κ3) is 0.657. The Hall–Kier alpha value is -1.14. The van der Waals surface area contributed by atoms with E-state index in [0.29, 0.717) is 5.56 Å². The summed E-state index contributed by atoms with van der Waals surface area (Å²) in [5.74, 6) is 0. The van der Waals surface area contributed by atoms with Gasteiger partial charge in [-0.15, -0.1) is 0 Å². The molecule has 2 nitrogen and oxygen atoms in total. The maximum absolute atomic E-state index is 11.4. The lowest BCUT2D eigenvalue weighted by Gasteiger charge is -2.23. The summed E-state index contributed by atoms with van der Waals surface area (Å²) in [5.41, 5.74) is 2.57. The van der Waals surface area contributed by atoms with Gasteiger partial charge in [0.15, 0.2) is 0 Å². The van der Waals surface area contributed by atoms with Gasteiger partial charge in [-0.3, -0.25) is 0 Å². The van der Waals surface area contributed by atoms with E-state index in [0.717, 1.165) is 20.9 Å². The molecule has 3 heteroatoms. The normalized spacial score (nSPS) is 18.2. The fourth-order valence-electron chi connectivity index (χ4n) is 1.61. The van der Waals surface area contributed by atoms with Crippen LogP contribution in [0, 0.1) is 25.2 Å². The molecule has 2 aliphatic rings. The summed E-state index contributed by atoms with van der Waals surface area (Å²) in [6.45, 7) is 3.81. The molecule has 0 fully saturated rings. The van der Waals surface area contributed by atoms with Crippen LogP contribution in [0.3, 0.4) is 0 Å². The van der Waals surface area contributed by atoms with Crippen molar-refractivity contribution in [2.75, 3.05) is 0 Å². The molecule has 0 amide bonds. The first-order valence-electron chi connectivity index (χ1n) is 3.63. The zero-order valence-electron chi connectivity index (χ0n) is 6.84. The summed E-state index contributed by atoms with van der Waals surface area (Å²) in [6, 6.07) is 3.86. The summed E-state index contributed by atoms with van der Waals surface area (Å²) in [7, 11) is -1.01. The van der Waals surface area contributed by atoms with Crippen molar-refractivity contribution in [1.82, 2.24) is 0 Å². The van der Waals surface area contributed by atoms with Crippen molar-refractivity contribution in [3.63, 3.8) is 0 Å². The van der Waals surface area contributed by atoms with E-state index in [4.69, 9.17) is 5.26 Å². The van der Waals surface area contributed by atoms with Crippen molar-refractivity contribution >= 4 is 10.8 Å². The largest absolute Gasteiger partial charge is 0.249 e. The Morgan fingerprint density at radius 1 is 1.42 bits per heavy atom. The molecule has 2 heterocycles. The molecule has 0 aromatic heterocycles. The van der Waals surface area contributed by atoms with Gasteiger partial charge >= 0.3 is 0 Å². The van der Waals surface area contributed by atoms with Gasteiger partial charge in [-0.1, -0.05) is 0 Å². The quantitative estimate of drug-likeness (QED) is 0.614. The predicted molar refractivity (Wildman–Crippen MR) is 45.3 cm³/mol. The zero-order chi connectivity index (χ0) is 8.88. The van der Waals surface area contributed by atoms with Crippen LogP contribution in [-0.4, -0.2) is 4.21 Å². The van der Waals surface area contributed by atoms with E-state index < -0.39 is 10.8 Å². The van der Waals surface area contributed by atoms with Crippen molar-refractivity contribution < 1.29 is 4.21 Å². The molecule has 0 spiro atoms. The molecule has 1 aromatic rings. The lowest BCUT2D eigenvalue weighted by Crippen LogP contribution is -2.15. The molecule has 1 unspecified atom stereocenters. The van der Waals surface area contributed by atoms with E-state index in [1.54, 1.807) is 6.07 Å². The minimum absolute atomic E-state index is 0.568. The van der Waals surface area contributed by atoms with Crippen LogP contribution in [-0.2, 0) is 10.8 Å². The minimum Gasteiger partial charge on any atom is -0.249 e. The number of nitriles is 1. The van der Waals surface area contributed by atoms with Gasteiger partial charge in [0.2, 0.25) is 0 Å². The SMILES string of the molecule is Cc1cc(C#N)c2c(C)c1S2=O. The highest BCUT2D eigenvalue weighted by Crippen LogP contribution is 2.39. The second kappa shape index (κ2) is 2.18. The molecule has 0 saturated heterocycles. The van der Waals surface area contributed by atoms with E-state index in [9.17, 15) is 4.21 Å². The number of rotatable bonds is 0. The molecule has 3 rings (SSSR count). The van der Waals surface area contributed by atoms with Gasteiger partial charge in [0.05, 0.1) is 26.2 Å². The third-order valence-corrected chi connectivity index (χ3v) is 4.03. The lowest BCUT2D eigenvalue weighted by atomic mass is 10.1. The van der Waals surface area contributed by atoms with Gasteiger partial charge in [-0.25, -0.2) is 4.21 Å². The number of nitrogens with zero attached hydrogens (tertiary/aromatic N) is 1. The minimum atomic E-state index is -1.01. The Morgan fingerprint density at radius 2 is 2.08 bits per heavy atom. The van der Waals surface area contributed by atoms with Crippen LogP contribution in [0.25, 0.3) is 0 Å². The highest BCUT2D eigenvalue weighted by Gasteiger charge is 2.30. The van der Waals surface area contributed by atoms with E-state index >= 15 is 0 Å². The van der Waals surface area contributed by atoms with Crippen molar-refractivity contribution in [2.45, 2.75) is 23.6 Å². The Balaban J connectivity index is 2.85. The molecule has 0 aliphatic carbocycles. The Kier molecular flexibility index (Phi) is 1.36. The van der Waals surface area contributed by atoms with Crippen molar-refractivity contribution in [1.29, 1.82) is 5.26 Å². The van der Waals surface area contributed by atoms with Crippen LogP contribution in [0.2, 0.25) is 0 Å². The van der Waals surface area contributed by atoms with Crippen LogP contribution in [0.4, 0.5) is 0 Å². The molecular formula is C9H7NOS. The van der Waals surface area contributed by atoms with E-state index in [1.807, 2.05) is 13.8 Å². The second-order valence-electron chi connectivity index (χ2n) is 2.90. The van der Waals surface area contributed by atoms with Gasteiger partial charge in [0.1, 0.15) is 6.07 Å². The molecule has 0 N–H and O–H groups in total. The van der Waals surface area contributed by atoms with E-state index in [-0.39, 0.29) is 0 Å². The zero-order valence-corrected chi connectivity index (χ0v) is 7.66. The van der Waals surface area contributed by atoms with Crippen LogP contribution in [0.15, 0.2) is 15.9 Å². The monoisotopic (exact) mass is 177 g/mol. The Morgan fingerprint density at radius 3 is 2.50 bits per heavy atom. The van der Waals surface area contributed by atoms with Crippen molar-refractivity contribution in [3.8, 4) is 6.07 Å². The number of fused-ring (bicyclic) bond motifs is 2. The van der Waals surface area contributed by atoms with Crippen LogP contribution in [0.5, 0.6) is 0 Å². The number of hydrogen-bond donors (Lipinski definition) is 0. The summed E-state index contributed by atoms with van der Waals surface area (Å²) >= 11 is 0. The van der Waals surface area contributed by atoms with Gasteiger partial charge in [-0.05, 0) is 31.0 Å². The number of hydrogen-bond acceptors (Lipinski definition) is 2. The first-order chi connectivity index (χ1) is 5.66. The standard InChI is InChI=1S/C9H7NOS/c1-5-3-7(4-10)9-6(2)8(5)12(9)11/h3H,1-2H3. The highest BCUT2D eigenvalue weighted by atomic mass is 32.2. The van der Waals surface area contributed by atoms with Crippen molar-refractivity contribution in [2.24, 2.45) is 0 Å². The summed E-state index contributed by atoms with van der Waals surface area (Å²) in [5, 5.41) is 8.73. The molecule has 0 radical (unpaired) electrons. The average Bonchev–Trinajstić information content (AvgIpc) is 2.03. The summed E-state index contributed by atoms with van der Waals surface area (Å²) in [4.78, 5) is 1.65. The molecule has 1 aromatic carbocycles. The second-order valence-corrected chi connectivity index (χ2v) is 4.26. The van der Waals surface area contributed by atoms with Crippen LogP contribution >= 0.6 is 0 Å². The third-order valence-electron chi connectivity index (χ3n) is 2.14. The smallest absolute Gasteiger partial charge is 0.100 e. The summed E-state index contributed by atoms with van der Waals surface area (Å²) < 4.78 is 11.4. The van der Waals surface area contributed by atoms with Gasteiger partial charge in [-0.2, -0.15) is 5.26 Å². The maximum Gasteiger partial charge on any atom is 0.100 e. The number of aryl methyl sites for hydroxylation is 2. The molecule has 1 atom stereocenters. The first-order valence-corrected chi connectivity index (χ1v) is 4.78. The predicted octanol–water partition coefficient (Wildman–Crippen LogP) is 1.66. The molecule has 2 bridgehead atoms. The molecular weight excluding hydrogens is 170 g/mol. The molecule has 60 valence electrons. The lowest BCUT2D eigenvalue weighted by molar-refractivity contribution is 0.674. The Labute approximate surface area is 73.3 Å². The fraction of sp³-hybridized carbons (Fsp3) is 0.222. The van der Waals surface area contributed by atoms with E-state index in [2.05, 4.69) is 6.07 Å². The highest BCUT2D eigenvalue weighted by molar-refractivity contribution is 7.86. The van der Waals surface area contributed by atoms with Gasteiger partial charge in [0.25, 0.3) is 0 Å². The number of benzene rings is 1. The topological polar surface area (TPSA) is 40.9 Å². The first kappa shape index (κ1) is 7.51. The maximum atomic E-state index is 11.4. The van der Waals surface area contributed by atoms with Crippen LogP contribution in [0.1, 0.15) is 16.7 Å². The fourth-order valence-corrected chi connectivity index (χ4v) is 3.08. The summed E-state index contributed by atoms with van der Waals surface area (Å²) in [6.07, 6.45) is 0.